The summed E-state index contributed by atoms with van der Waals surface area (Å²) in [5.74, 6) is -0.241. The van der Waals surface area contributed by atoms with E-state index in [9.17, 15) is 14.9 Å². The summed E-state index contributed by atoms with van der Waals surface area (Å²) in [4.78, 5) is 26.7. The van der Waals surface area contributed by atoms with Crippen molar-refractivity contribution in [3.05, 3.63) is 38.9 Å². The number of hydrogen-bond acceptors (Lipinski definition) is 4. The molecule has 1 atom stereocenters. The first-order valence-electron chi connectivity index (χ1n) is 6.80. The molecule has 0 aliphatic carbocycles. The predicted octanol–water partition coefficient (Wildman–Crippen LogP) is 2.41. The molecular weight excluding hydrogens is 294 g/mol. The second-order valence-corrected chi connectivity index (χ2v) is 5.84. The number of carbonyl (C=O) groups excluding carboxylic acids is 1. The minimum Gasteiger partial charge on any atom is -0.337 e. The molecule has 0 saturated carbocycles. The van der Waals surface area contributed by atoms with E-state index in [2.05, 4.69) is 4.90 Å². The molecule has 0 N–H and O–H groups in total. The lowest BCUT2D eigenvalue weighted by molar-refractivity contribution is -0.384. The molecule has 1 fully saturated rings. The molecule has 1 amide bonds. The number of likely N-dealkylation sites (tertiary alicyclic amines) is 1. The Balaban J connectivity index is 2.23. The van der Waals surface area contributed by atoms with Crippen LogP contribution in [0.1, 0.15) is 23.2 Å². The van der Waals surface area contributed by atoms with Crippen LogP contribution in [-0.2, 0) is 0 Å². The third-order valence-electron chi connectivity index (χ3n) is 3.81. The van der Waals surface area contributed by atoms with Gasteiger partial charge in [-0.25, -0.2) is 0 Å². The normalized spacial score (nSPS) is 18.9. The Bertz CT molecular complexity index is 562. The molecule has 1 aromatic rings. The van der Waals surface area contributed by atoms with Gasteiger partial charge in [0.25, 0.3) is 11.6 Å². The maximum Gasteiger partial charge on any atom is 0.270 e. The number of likely N-dealkylation sites (N-methyl/N-ethyl adjacent to an activating group) is 1. The fraction of sp³-hybridized carbons (Fsp3) is 0.500. The van der Waals surface area contributed by atoms with Gasteiger partial charge in [0.05, 0.1) is 15.5 Å². The van der Waals surface area contributed by atoms with Crippen LogP contribution in [0.2, 0.25) is 5.02 Å². The molecule has 1 aliphatic rings. The van der Waals surface area contributed by atoms with Gasteiger partial charge in [-0.1, -0.05) is 11.6 Å². The van der Waals surface area contributed by atoms with Crippen molar-refractivity contribution in [2.45, 2.75) is 18.9 Å². The van der Waals surface area contributed by atoms with Crippen LogP contribution in [0.25, 0.3) is 0 Å². The van der Waals surface area contributed by atoms with Gasteiger partial charge in [-0.3, -0.25) is 14.9 Å². The predicted molar refractivity (Wildman–Crippen MR) is 80.7 cm³/mol. The summed E-state index contributed by atoms with van der Waals surface area (Å²) in [6, 6.07) is 4.27. The number of nitro groups is 1. The molecule has 114 valence electrons. The largest absolute Gasteiger partial charge is 0.337 e. The zero-order chi connectivity index (χ0) is 15.6. The van der Waals surface area contributed by atoms with Crippen LogP contribution in [0.5, 0.6) is 0 Å². The van der Waals surface area contributed by atoms with E-state index in [1.165, 1.54) is 18.2 Å². The molecule has 7 heteroatoms. The number of benzene rings is 1. The van der Waals surface area contributed by atoms with E-state index >= 15 is 0 Å². The minimum atomic E-state index is -0.522. The van der Waals surface area contributed by atoms with E-state index in [-0.39, 0.29) is 22.2 Å². The van der Waals surface area contributed by atoms with Crippen LogP contribution >= 0.6 is 11.6 Å². The van der Waals surface area contributed by atoms with Crippen molar-refractivity contribution in [3.63, 3.8) is 0 Å². The fourth-order valence-corrected chi connectivity index (χ4v) is 2.72. The Kier molecular flexibility index (Phi) is 4.80. The number of piperidine rings is 1. The van der Waals surface area contributed by atoms with Crippen LogP contribution < -0.4 is 0 Å². The van der Waals surface area contributed by atoms with Gasteiger partial charge >= 0.3 is 0 Å². The summed E-state index contributed by atoms with van der Waals surface area (Å²) >= 11 is 6.03. The quantitative estimate of drug-likeness (QED) is 0.635. The third-order valence-corrected chi connectivity index (χ3v) is 4.13. The molecule has 0 spiro atoms. The summed E-state index contributed by atoms with van der Waals surface area (Å²) in [6.07, 6.45) is 1.96. The lowest BCUT2D eigenvalue weighted by Crippen LogP contribution is -2.47. The van der Waals surface area contributed by atoms with Crippen LogP contribution in [0, 0.1) is 10.1 Å². The first-order chi connectivity index (χ1) is 9.90. The highest BCUT2D eigenvalue weighted by Gasteiger charge is 2.27. The number of hydrogen-bond donors (Lipinski definition) is 0. The molecule has 1 aromatic carbocycles. The van der Waals surface area contributed by atoms with Gasteiger partial charge in [-0.15, -0.1) is 0 Å². The second kappa shape index (κ2) is 6.41. The Labute approximate surface area is 128 Å². The number of amides is 1. The molecule has 1 unspecified atom stereocenters. The molecular formula is C14H18ClN3O3. The van der Waals surface area contributed by atoms with Crippen LogP contribution in [0.15, 0.2) is 18.2 Å². The topological polar surface area (TPSA) is 66.7 Å². The second-order valence-electron chi connectivity index (χ2n) is 5.43. The van der Waals surface area contributed by atoms with Gasteiger partial charge in [0, 0.05) is 31.3 Å². The number of nitrogens with zero attached hydrogens (tertiary/aromatic N) is 3. The highest BCUT2D eigenvalue weighted by molar-refractivity contribution is 6.33. The van der Waals surface area contributed by atoms with Gasteiger partial charge in [0.15, 0.2) is 0 Å². The van der Waals surface area contributed by atoms with E-state index in [0.717, 1.165) is 12.8 Å². The Morgan fingerprint density at radius 2 is 2.19 bits per heavy atom. The van der Waals surface area contributed by atoms with Crippen molar-refractivity contribution in [1.29, 1.82) is 0 Å². The van der Waals surface area contributed by atoms with Gasteiger partial charge in [-0.05, 0) is 33.0 Å². The molecule has 6 nitrogen and oxygen atoms in total. The number of carbonyl (C=O) groups is 1. The highest BCUT2D eigenvalue weighted by Crippen LogP contribution is 2.25. The standard InChI is InChI=1S/C14H18ClN3O3/c1-16(2)11-4-3-7-17(9-11)14(19)12-8-10(18(20)21)5-6-13(12)15/h5-6,8,11H,3-4,7,9H2,1-2H3. The first kappa shape index (κ1) is 15.7. The van der Waals surface area contributed by atoms with Crippen LogP contribution in [0.3, 0.4) is 0 Å². The monoisotopic (exact) mass is 311 g/mol. The van der Waals surface area contributed by atoms with E-state index < -0.39 is 4.92 Å². The maximum atomic E-state index is 12.6. The first-order valence-corrected chi connectivity index (χ1v) is 7.17. The number of rotatable bonds is 3. The summed E-state index contributed by atoms with van der Waals surface area (Å²) in [7, 11) is 3.97. The molecule has 0 bridgehead atoms. The minimum absolute atomic E-state index is 0.121. The van der Waals surface area contributed by atoms with Gasteiger partial charge in [0.2, 0.25) is 0 Å². The average Bonchev–Trinajstić information content (AvgIpc) is 2.47. The molecule has 1 saturated heterocycles. The van der Waals surface area contributed by atoms with Crippen molar-refractivity contribution in [1.82, 2.24) is 9.80 Å². The molecule has 21 heavy (non-hydrogen) atoms. The number of non-ortho nitro benzene ring substituents is 1. The molecule has 1 heterocycles. The van der Waals surface area contributed by atoms with Crippen LogP contribution in [-0.4, -0.2) is 53.9 Å². The zero-order valence-electron chi connectivity index (χ0n) is 12.1. The fourth-order valence-electron chi connectivity index (χ4n) is 2.52. The third kappa shape index (κ3) is 3.51. The summed E-state index contributed by atoms with van der Waals surface area (Å²) < 4.78 is 0. The molecule has 2 rings (SSSR count). The lowest BCUT2D eigenvalue weighted by atomic mass is 10.0. The van der Waals surface area contributed by atoms with E-state index in [1.807, 2.05) is 14.1 Å². The Morgan fingerprint density at radius 1 is 1.48 bits per heavy atom. The number of halogens is 1. The van der Waals surface area contributed by atoms with Crippen molar-refractivity contribution < 1.29 is 9.72 Å². The SMILES string of the molecule is CN(C)C1CCCN(C(=O)c2cc([N+](=O)[O-])ccc2Cl)C1. The smallest absolute Gasteiger partial charge is 0.270 e. The van der Waals surface area contributed by atoms with Gasteiger partial charge < -0.3 is 9.80 Å². The lowest BCUT2D eigenvalue weighted by Gasteiger charge is -2.36. The van der Waals surface area contributed by atoms with E-state index in [0.29, 0.717) is 19.1 Å². The summed E-state index contributed by atoms with van der Waals surface area (Å²) in [5, 5.41) is 11.1. The maximum absolute atomic E-state index is 12.6. The Hall–Kier alpha value is -1.66. The number of nitro benzene ring substituents is 1. The van der Waals surface area contributed by atoms with E-state index in [4.69, 9.17) is 11.6 Å². The highest BCUT2D eigenvalue weighted by atomic mass is 35.5. The Morgan fingerprint density at radius 3 is 2.81 bits per heavy atom. The van der Waals surface area contributed by atoms with Crippen molar-refractivity contribution in [2.75, 3.05) is 27.2 Å². The molecule has 0 radical (unpaired) electrons. The summed E-state index contributed by atoms with van der Waals surface area (Å²) in [6.45, 7) is 1.27. The van der Waals surface area contributed by atoms with Crippen LogP contribution in [0.4, 0.5) is 5.69 Å². The van der Waals surface area contributed by atoms with Crippen molar-refractivity contribution in [2.24, 2.45) is 0 Å². The zero-order valence-corrected chi connectivity index (χ0v) is 12.8. The van der Waals surface area contributed by atoms with Crippen molar-refractivity contribution in [3.8, 4) is 0 Å². The molecule has 1 aliphatic heterocycles. The van der Waals surface area contributed by atoms with Gasteiger partial charge in [-0.2, -0.15) is 0 Å². The van der Waals surface area contributed by atoms with E-state index in [1.54, 1.807) is 4.90 Å². The summed E-state index contributed by atoms with van der Waals surface area (Å²) in [5.41, 5.74) is 0.0780. The van der Waals surface area contributed by atoms with Gasteiger partial charge in [0.1, 0.15) is 0 Å². The molecule has 0 aromatic heterocycles. The van der Waals surface area contributed by atoms with Crippen molar-refractivity contribution >= 4 is 23.2 Å². The average molecular weight is 312 g/mol.